The van der Waals surface area contributed by atoms with Crippen molar-refractivity contribution in [2.75, 3.05) is 32.2 Å². The van der Waals surface area contributed by atoms with Gasteiger partial charge in [-0.2, -0.15) is 0 Å². The van der Waals surface area contributed by atoms with Gasteiger partial charge in [0.1, 0.15) is 5.75 Å². The molecule has 3 rings (SSSR count). The average Bonchev–Trinajstić information content (AvgIpc) is 3.18. The molecule has 1 saturated carbocycles. The first-order valence-electron chi connectivity index (χ1n) is 7.51. The van der Waals surface area contributed by atoms with Crippen molar-refractivity contribution in [3.63, 3.8) is 0 Å². The number of nitrogens with zero attached hydrogens (tertiary/aromatic N) is 1. The summed E-state index contributed by atoms with van der Waals surface area (Å²) in [6.45, 7) is 2.62. The first kappa shape index (κ1) is 14.2. The number of guanidine groups is 1. The molecule has 1 aliphatic heterocycles. The highest BCUT2D eigenvalue weighted by Gasteiger charge is 2.53. The third kappa shape index (κ3) is 3.29. The lowest BCUT2D eigenvalue weighted by molar-refractivity contribution is 0.0525. The third-order valence-corrected chi connectivity index (χ3v) is 4.69. The van der Waals surface area contributed by atoms with Crippen LogP contribution in [-0.2, 0) is 4.74 Å². The van der Waals surface area contributed by atoms with Crippen LogP contribution in [0.2, 0.25) is 0 Å². The molecule has 1 aliphatic carbocycles. The summed E-state index contributed by atoms with van der Waals surface area (Å²) >= 11 is 0. The fourth-order valence-electron chi connectivity index (χ4n) is 3.15. The zero-order valence-corrected chi connectivity index (χ0v) is 12.5. The molecule has 1 unspecified atom stereocenters. The van der Waals surface area contributed by atoms with Crippen LogP contribution in [0.15, 0.2) is 29.3 Å². The Morgan fingerprint density at radius 3 is 2.76 bits per heavy atom. The lowest BCUT2D eigenvalue weighted by Crippen LogP contribution is -2.24. The monoisotopic (exact) mass is 289 g/mol. The number of benzene rings is 1. The molecule has 1 saturated heterocycles. The molecule has 1 aromatic rings. The minimum absolute atomic E-state index is 0.481. The van der Waals surface area contributed by atoms with E-state index in [2.05, 4.69) is 10.3 Å². The Balaban J connectivity index is 1.50. The van der Waals surface area contributed by atoms with Crippen LogP contribution in [0, 0.1) is 11.3 Å². The topological polar surface area (TPSA) is 68.9 Å². The van der Waals surface area contributed by atoms with Gasteiger partial charge in [-0.05, 0) is 54.9 Å². The quantitative estimate of drug-likeness (QED) is 0.659. The Labute approximate surface area is 125 Å². The molecule has 1 heterocycles. The van der Waals surface area contributed by atoms with Crippen LogP contribution in [0.5, 0.6) is 5.75 Å². The van der Waals surface area contributed by atoms with Crippen LogP contribution in [-0.4, -0.2) is 32.8 Å². The van der Waals surface area contributed by atoms with Gasteiger partial charge in [-0.3, -0.25) is 4.99 Å². The summed E-state index contributed by atoms with van der Waals surface area (Å²) in [4.78, 5) is 4.48. The maximum absolute atomic E-state index is 5.95. The van der Waals surface area contributed by atoms with Crippen LogP contribution in [0.3, 0.4) is 0 Å². The maximum atomic E-state index is 5.95. The number of hydrogen-bond donors (Lipinski definition) is 2. The summed E-state index contributed by atoms with van der Waals surface area (Å²) in [5.74, 6) is 1.99. The number of aliphatic imine (C=N–C) groups is 1. The third-order valence-electron chi connectivity index (χ3n) is 4.69. The van der Waals surface area contributed by atoms with E-state index in [-0.39, 0.29) is 0 Å². The van der Waals surface area contributed by atoms with Gasteiger partial charge in [-0.15, -0.1) is 0 Å². The molecular weight excluding hydrogens is 266 g/mol. The molecule has 3 N–H and O–H groups in total. The van der Waals surface area contributed by atoms with Crippen molar-refractivity contribution in [2.45, 2.75) is 19.3 Å². The Morgan fingerprint density at radius 1 is 1.38 bits per heavy atom. The van der Waals surface area contributed by atoms with Gasteiger partial charge >= 0.3 is 0 Å². The van der Waals surface area contributed by atoms with Gasteiger partial charge in [-0.25, -0.2) is 0 Å². The van der Waals surface area contributed by atoms with Crippen LogP contribution >= 0.6 is 0 Å². The van der Waals surface area contributed by atoms with Crippen LogP contribution < -0.4 is 15.8 Å². The second kappa shape index (κ2) is 5.93. The van der Waals surface area contributed by atoms with Crippen molar-refractivity contribution in [1.82, 2.24) is 0 Å². The summed E-state index contributed by atoms with van der Waals surface area (Å²) < 4.78 is 10.6. The Morgan fingerprint density at radius 2 is 2.10 bits per heavy atom. The van der Waals surface area contributed by atoms with Gasteiger partial charge in [0.15, 0.2) is 5.96 Å². The molecule has 1 atom stereocenters. The van der Waals surface area contributed by atoms with Crippen molar-refractivity contribution < 1.29 is 9.47 Å². The lowest BCUT2D eigenvalue weighted by atomic mass is 9.94. The minimum atomic E-state index is 0.481. The number of nitrogens with two attached hydrogens (primary N) is 1. The van der Waals surface area contributed by atoms with Crippen molar-refractivity contribution in [3.05, 3.63) is 24.3 Å². The Kier molecular flexibility index (Phi) is 4.01. The van der Waals surface area contributed by atoms with Gasteiger partial charge in [0.25, 0.3) is 0 Å². The molecule has 1 spiro atoms. The lowest BCUT2D eigenvalue weighted by Gasteiger charge is -2.22. The SMILES string of the molecule is COc1ccc(NC(N)=NCC2CC23CCOCC3)cc1. The van der Waals surface area contributed by atoms with E-state index in [1.54, 1.807) is 7.11 Å². The number of methoxy groups -OCH3 is 1. The van der Waals surface area contributed by atoms with Gasteiger partial charge in [0.05, 0.1) is 7.11 Å². The number of hydrogen-bond acceptors (Lipinski definition) is 3. The summed E-state index contributed by atoms with van der Waals surface area (Å²) in [6, 6.07) is 7.65. The Bertz CT molecular complexity index is 507. The van der Waals surface area contributed by atoms with E-state index in [1.165, 1.54) is 19.3 Å². The molecule has 1 aromatic carbocycles. The van der Waals surface area contributed by atoms with Crippen LogP contribution in [0.1, 0.15) is 19.3 Å². The molecule has 21 heavy (non-hydrogen) atoms. The summed E-state index contributed by atoms with van der Waals surface area (Å²) in [5.41, 5.74) is 7.38. The highest BCUT2D eigenvalue weighted by atomic mass is 16.5. The normalized spacial score (nSPS) is 23.9. The van der Waals surface area contributed by atoms with Crippen molar-refractivity contribution in [2.24, 2.45) is 22.1 Å². The predicted molar refractivity (Wildman–Crippen MR) is 83.7 cm³/mol. The molecule has 5 heteroatoms. The largest absolute Gasteiger partial charge is 0.497 e. The molecule has 0 amide bonds. The van der Waals surface area contributed by atoms with E-state index < -0.39 is 0 Å². The predicted octanol–water partition coefficient (Wildman–Crippen LogP) is 2.24. The summed E-state index contributed by atoms with van der Waals surface area (Å²) in [6.07, 6.45) is 3.63. The zero-order valence-electron chi connectivity index (χ0n) is 12.5. The molecule has 5 nitrogen and oxygen atoms in total. The minimum Gasteiger partial charge on any atom is -0.497 e. The van der Waals surface area contributed by atoms with Gasteiger partial charge in [0.2, 0.25) is 0 Å². The number of rotatable bonds is 4. The molecule has 0 aromatic heterocycles. The van der Waals surface area contributed by atoms with E-state index in [4.69, 9.17) is 15.2 Å². The molecule has 114 valence electrons. The Hall–Kier alpha value is -1.75. The van der Waals surface area contributed by atoms with Crippen molar-refractivity contribution in [3.8, 4) is 5.75 Å². The zero-order chi connectivity index (χ0) is 14.7. The highest BCUT2D eigenvalue weighted by Crippen LogP contribution is 2.59. The fourth-order valence-corrected chi connectivity index (χ4v) is 3.15. The molecule has 2 fully saturated rings. The number of ether oxygens (including phenoxy) is 2. The van der Waals surface area contributed by atoms with E-state index in [1.807, 2.05) is 24.3 Å². The van der Waals surface area contributed by atoms with Crippen LogP contribution in [0.4, 0.5) is 5.69 Å². The van der Waals surface area contributed by atoms with Crippen molar-refractivity contribution >= 4 is 11.6 Å². The molecule has 2 aliphatic rings. The summed E-state index contributed by atoms with van der Waals surface area (Å²) in [5, 5.41) is 3.12. The molecular formula is C16H23N3O2. The highest BCUT2D eigenvalue weighted by molar-refractivity contribution is 5.92. The van der Waals surface area contributed by atoms with E-state index in [9.17, 15) is 0 Å². The van der Waals surface area contributed by atoms with Gasteiger partial charge in [-0.1, -0.05) is 0 Å². The smallest absolute Gasteiger partial charge is 0.193 e. The van der Waals surface area contributed by atoms with Gasteiger partial charge < -0.3 is 20.5 Å². The van der Waals surface area contributed by atoms with E-state index in [0.29, 0.717) is 17.3 Å². The second-order valence-corrected chi connectivity index (χ2v) is 5.96. The molecule has 0 bridgehead atoms. The summed E-state index contributed by atoms with van der Waals surface area (Å²) in [7, 11) is 1.65. The second-order valence-electron chi connectivity index (χ2n) is 5.96. The fraction of sp³-hybridized carbons (Fsp3) is 0.562. The first-order chi connectivity index (χ1) is 10.2. The van der Waals surface area contributed by atoms with E-state index >= 15 is 0 Å². The van der Waals surface area contributed by atoms with Gasteiger partial charge in [0, 0.05) is 25.4 Å². The van der Waals surface area contributed by atoms with Crippen molar-refractivity contribution in [1.29, 1.82) is 0 Å². The molecule has 0 radical (unpaired) electrons. The number of anilines is 1. The first-order valence-corrected chi connectivity index (χ1v) is 7.51. The standard InChI is InChI=1S/C16H23N3O2/c1-20-14-4-2-13(3-5-14)19-15(17)18-11-12-10-16(12)6-8-21-9-7-16/h2-5,12H,6-11H2,1H3,(H3,17,18,19). The van der Waals surface area contributed by atoms with Crippen LogP contribution in [0.25, 0.3) is 0 Å². The maximum Gasteiger partial charge on any atom is 0.193 e. The van der Waals surface area contributed by atoms with E-state index in [0.717, 1.165) is 31.2 Å². The average molecular weight is 289 g/mol. The number of nitrogens with one attached hydrogen (secondary N) is 1.